The van der Waals surface area contributed by atoms with Gasteiger partial charge in [0, 0.05) is 18.0 Å². The summed E-state index contributed by atoms with van der Waals surface area (Å²) in [6.07, 6.45) is 6.40. The third kappa shape index (κ3) is 5.04. The van der Waals surface area contributed by atoms with E-state index >= 15 is 0 Å². The Bertz CT molecular complexity index is 317. The Hall–Kier alpha value is -1.30. The van der Waals surface area contributed by atoms with E-state index in [1.165, 1.54) is 6.42 Å². The van der Waals surface area contributed by atoms with Crippen LogP contribution in [0.25, 0.3) is 0 Å². The lowest BCUT2D eigenvalue weighted by Gasteiger charge is -2.26. The van der Waals surface area contributed by atoms with Crippen LogP contribution in [-0.4, -0.2) is 5.91 Å². The fourth-order valence-electron chi connectivity index (χ4n) is 2.39. The quantitative estimate of drug-likeness (QED) is 0.743. The first kappa shape index (κ1) is 13.8. The SMILES string of the molecule is C=C(CCCC#N)NC(=O)C1CCCC(C)C1. The zero-order chi connectivity index (χ0) is 12.7. The summed E-state index contributed by atoms with van der Waals surface area (Å²) < 4.78 is 0. The Balaban J connectivity index is 2.28. The minimum atomic E-state index is 0.124. The van der Waals surface area contributed by atoms with Gasteiger partial charge in [0.1, 0.15) is 0 Å². The number of nitrogens with zero attached hydrogens (tertiary/aromatic N) is 1. The third-order valence-corrected chi connectivity index (χ3v) is 3.37. The van der Waals surface area contributed by atoms with Gasteiger partial charge in [0.25, 0.3) is 0 Å². The average molecular weight is 234 g/mol. The van der Waals surface area contributed by atoms with Gasteiger partial charge >= 0.3 is 0 Å². The van der Waals surface area contributed by atoms with Crippen molar-refractivity contribution in [2.75, 3.05) is 0 Å². The first-order valence-corrected chi connectivity index (χ1v) is 6.49. The number of unbranched alkanes of at least 4 members (excludes halogenated alkanes) is 1. The van der Waals surface area contributed by atoms with E-state index < -0.39 is 0 Å². The summed E-state index contributed by atoms with van der Waals surface area (Å²) in [6.45, 7) is 6.05. The highest BCUT2D eigenvalue weighted by molar-refractivity contribution is 5.80. The highest BCUT2D eigenvalue weighted by Crippen LogP contribution is 2.28. The molecule has 1 aliphatic carbocycles. The van der Waals surface area contributed by atoms with Crippen LogP contribution in [-0.2, 0) is 4.79 Å². The van der Waals surface area contributed by atoms with Crippen molar-refractivity contribution < 1.29 is 4.79 Å². The smallest absolute Gasteiger partial charge is 0.227 e. The molecule has 1 rings (SSSR count). The Kier molecular flexibility index (Phi) is 5.76. The Morgan fingerprint density at radius 1 is 1.53 bits per heavy atom. The van der Waals surface area contributed by atoms with Crippen LogP contribution in [0.1, 0.15) is 51.9 Å². The van der Waals surface area contributed by atoms with Crippen molar-refractivity contribution in [2.24, 2.45) is 11.8 Å². The topological polar surface area (TPSA) is 52.9 Å². The van der Waals surface area contributed by atoms with Gasteiger partial charge in [-0.1, -0.05) is 26.3 Å². The maximum atomic E-state index is 11.9. The number of carbonyl (C=O) groups excluding carboxylic acids is 1. The molecule has 0 spiro atoms. The van der Waals surface area contributed by atoms with Gasteiger partial charge in [-0.05, 0) is 31.6 Å². The van der Waals surface area contributed by atoms with E-state index in [0.717, 1.165) is 31.4 Å². The molecule has 3 heteroatoms. The second-order valence-corrected chi connectivity index (χ2v) is 5.07. The molecule has 0 saturated heterocycles. The van der Waals surface area contributed by atoms with Crippen molar-refractivity contribution >= 4 is 5.91 Å². The van der Waals surface area contributed by atoms with Crippen LogP contribution in [0, 0.1) is 23.2 Å². The fourth-order valence-corrected chi connectivity index (χ4v) is 2.39. The Morgan fingerprint density at radius 2 is 2.29 bits per heavy atom. The van der Waals surface area contributed by atoms with Crippen molar-refractivity contribution in [1.29, 1.82) is 5.26 Å². The first-order valence-electron chi connectivity index (χ1n) is 6.49. The predicted molar refractivity (Wildman–Crippen MR) is 67.9 cm³/mol. The van der Waals surface area contributed by atoms with E-state index in [2.05, 4.69) is 24.9 Å². The summed E-state index contributed by atoms with van der Waals surface area (Å²) in [6, 6.07) is 2.09. The number of allylic oxidation sites excluding steroid dienone is 1. The predicted octanol–water partition coefficient (Wildman–Crippen LogP) is 3.14. The third-order valence-electron chi connectivity index (χ3n) is 3.37. The van der Waals surface area contributed by atoms with E-state index in [1.807, 2.05) is 0 Å². The zero-order valence-corrected chi connectivity index (χ0v) is 10.7. The zero-order valence-electron chi connectivity index (χ0n) is 10.7. The van der Waals surface area contributed by atoms with Gasteiger partial charge < -0.3 is 5.32 Å². The molecule has 0 aromatic heterocycles. The molecule has 0 aromatic rings. The molecular weight excluding hydrogens is 212 g/mol. The lowest BCUT2D eigenvalue weighted by Crippen LogP contribution is -2.32. The van der Waals surface area contributed by atoms with Crippen molar-refractivity contribution in [3.05, 3.63) is 12.3 Å². The number of nitriles is 1. The van der Waals surface area contributed by atoms with Crippen molar-refractivity contribution in [2.45, 2.75) is 51.9 Å². The molecule has 2 unspecified atom stereocenters. The molecule has 17 heavy (non-hydrogen) atoms. The molecule has 1 amide bonds. The normalized spacial score (nSPS) is 23.8. The van der Waals surface area contributed by atoms with Gasteiger partial charge in [-0.2, -0.15) is 5.26 Å². The second kappa shape index (κ2) is 7.11. The van der Waals surface area contributed by atoms with Crippen LogP contribution in [0.15, 0.2) is 12.3 Å². The lowest BCUT2D eigenvalue weighted by molar-refractivity contribution is -0.125. The van der Waals surface area contributed by atoms with E-state index in [1.54, 1.807) is 0 Å². The van der Waals surface area contributed by atoms with E-state index in [0.29, 0.717) is 18.8 Å². The van der Waals surface area contributed by atoms with Crippen molar-refractivity contribution in [3.63, 3.8) is 0 Å². The summed E-state index contributed by atoms with van der Waals surface area (Å²) >= 11 is 0. The minimum Gasteiger partial charge on any atom is -0.330 e. The maximum Gasteiger partial charge on any atom is 0.227 e. The summed E-state index contributed by atoms with van der Waals surface area (Å²) in [5.41, 5.74) is 0.753. The van der Waals surface area contributed by atoms with E-state index in [4.69, 9.17) is 5.26 Å². The fraction of sp³-hybridized carbons (Fsp3) is 0.714. The number of rotatable bonds is 5. The van der Waals surface area contributed by atoms with Gasteiger partial charge in [0.2, 0.25) is 5.91 Å². The largest absolute Gasteiger partial charge is 0.330 e. The summed E-state index contributed by atoms with van der Waals surface area (Å²) in [5.74, 6) is 0.941. The minimum absolute atomic E-state index is 0.124. The van der Waals surface area contributed by atoms with Crippen LogP contribution >= 0.6 is 0 Å². The average Bonchev–Trinajstić information content (AvgIpc) is 2.29. The van der Waals surface area contributed by atoms with Gasteiger partial charge in [-0.3, -0.25) is 4.79 Å². The van der Waals surface area contributed by atoms with Crippen LogP contribution in [0.2, 0.25) is 0 Å². The van der Waals surface area contributed by atoms with Crippen LogP contribution in [0.5, 0.6) is 0 Å². The van der Waals surface area contributed by atoms with Crippen molar-refractivity contribution in [3.8, 4) is 6.07 Å². The number of carbonyl (C=O) groups is 1. The Labute approximate surface area is 104 Å². The number of nitrogens with one attached hydrogen (secondary N) is 1. The van der Waals surface area contributed by atoms with Crippen LogP contribution in [0.3, 0.4) is 0 Å². The highest BCUT2D eigenvalue weighted by atomic mass is 16.1. The monoisotopic (exact) mass is 234 g/mol. The summed E-state index contributed by atoms with van der Waals surface area (Å²) in [4.78, 5) is 11.9. The van der Waals surface area contributed by atoms with Crippen LogP contribution in [0.4, 0.5) is 0 Å². The van der Waals surface area contributed by atoms with Gasteiger partial charge in [-0.15, -0.1) is 0 Å². The molecule has 3 nitrogen and oxygen atoms in total. The van der Waals surface area contributed by atoms with Gasteiger partial charge in [-0.25, -0.2) is 0 Å². The van der Waals surface area contributed by atoms with E-state index in [-0.39, 0.29) is 11.8 Å². The molecular formula is C14H22N2O. The second-order valence-electron chi connectivity index (χ2n) is 5.07. The molecule has 0 aromatic carbocycles. The van der Waals surface area contributed by atoms with Crippen LogP contribution < -0.4 is 5.32 Å². The first-order chi connectivity index (χ1) is 8.13. The van der Waals surface area contributed by atoms with Gasteiger partial charge in [0.05, 0.1) is 6.07 Å². The number of amides is 1. The molecule has 0 aliphatic heterocycles. The summed E-state index contributed by atoms with van der Waals surface area (Å²) in [5, 5.41) is 11.3. The maximum absolute atomic E-state index is 11.9. The molecule has 1 fully saturated rings. The molecule has 1 saturated carbocycles. The Morgan fingerprint density at radius 3 is 2.94 bits per heavy atom. The lowest BCUT2D eigenvalue weighted by atomic mass is 9.82. The highest BCUT2D eigenvalue weighted by Gasteiger charge is 2.24. The number of hydrogen-bond donors (Lipinski definition) is 1. The molecule has 0 heterocycles. The summed E-state index contributed by atoms with van der Waals surface area (Å²) in [7, 11) is 0. The van der Waals surface area contributed by atoms with Crippen molar-refractivity contribution in [1.82, 2.24) is 5.32 Å². The van der Waals surface area contributed by atoms with Gasteiger partial charge in [0.15, 0.2) is 0 Å². The van der Waals surface area contributed by atoms with E-state index in [9.17, 15) is 4.79 Å². The molecule has 0 bridgehead atoms. The number of hydrogen-bond acceptors (Lipinski definition) is 2. The molecule has 1 aliphatic rings. The molecule has 0 radical (unpaired) electrons. The standard InChI is InChI=1S/C14H22N2O/c1-11-6-5-8-13(10-11)14(17)16-12(2)7-3-4-9-15/h11,13H,2-8,10H2,1H3,(H,16,17). The molecule has 94 valence electrons. The molecule has 1 N–H and O–H groups in total. The molecule has 2 atom stereocenters.